The second-order valence-corrected chi connectivity index (χ2v) is 4.35. The van der Waals surface area contributed by atoms with Crippen molar-refractivity contribution in [2.24, 2.45) is 0 Å². The van der Waals surface area contributed by atoms with E-state index in [0.29, 0.717) is 13.0 Å². The van der Waals surface area contributed by atoms with Crippen molar-refractivity contribution in [2.75, 3.05) is 6.54 Å². The molecule has 0 aliphatic heterocycles. The van der Waals surface area contributed by atoms with Gasteiger partial charge in [0.2, 0.25) is 0 Å². The molecule has 0 radical (unpaired) electrons. The van der Waals surface area contributed by atoms with Crippen LogP contribution < -0.4 is 5.32 Å². The molecule has 2 aromatic heterocycles. The van der Waals surface area contributed by atoms with Crippen molar-refractivity contribution >= 4 is 23.2 Å². The summed E-state index contributed by atoms with van der Waals surface area (Å²) < 4.78 is 0. The van der Waals surface area contributed by atoms with E-state index >= 15 is 0 Å². The number of thiophene rings is 1. The van der Waals surface area contributed by atoms with Crippen LogP contribution in [-0.2, 0) is 6.42 Å². The monoisotopic (exact) mass is 265 g/mol. The number of carboxylic acid groups (broad SMARTS) is 1. The fraction of sp³-hybridized carbons (Fsp3) is 0.182. The highest BCUT2D eigenvalue weighted by Gasteiger charge is 2.18. The maximum absolute atomic E-state index is 11.7. The fourth-order valence-corrected chi connectivity index (χ4v) is 2.17. The van der Waals surface area contributed by atoms with Crippen LogP contribution in [0, 0.1) is 0 Å². The molecule has 0 saturated heterocycles. The summed E-state index contributed by atoms with van der Waals surface area (Å²) in [6.07, 6.45) is 1.90. The summed E-state index contributed by atoms with van der Waals surface area (Å²) >= 11 is 1.59. The largest absolute Gasteiger partial charge is 0.477 e. The van der Waals surface area contributed by atoms with Gasteiger partial charge in [-0.3, -0.25) is 4.79 Å². The fourth-order valence-electron chi connectivity index (χ4n) is 1.47. The Bertz CT molecular complexity index is 548. The molecule has 3 N–H and O–H groups in total. The molecule has 2 rings (SSSR count). The zero-order valence-electron chi connectivity index (χ0n) is 9.34. The maximum atomic E-state index is 11.7. The average Bonchev–Trinajstić information content (AvgIpc) is 2.99. The van der Waals surface area contributed by atoms with E-state index in [2.05, 4.69) is 15.3 Å². The number of hydrogen-bond acceptors (Lipinski definition) is 4. The number of carboxylic acids is 1. The molecular weight excluding hydrogens is 254 g/mol. The number of imidazole rings is 1. The van der Waals surface area contributed by atoms with E-state index < -0.39 is 11.9 Å². The Balaban J connectivity index is 1.91. The standard InChI is InChI=1S/C11H11N3O3S/c15-10(8-9(11(16)17)14-6-13-8)12-3-1-7-2-4-18-5-7/h2,4-6H,1,3H2,(H,12,15)(H,13,14)(H,16,17). The van der Waals surface area contributed by atoms with Gasteiger partial charge in [-0.25, -0.2) is 9.78 Å². The van der Waals surface area contributed by atoms with E-state index in [1.165, 1.54) is 6.33 Å². The molecular formula is C11H11N3O3S. The van der Waals surface area contributed by atoms with Gasteiger partial charge in [0.25, 0.3) is 5.91 Å². The van der Waals surface area contributed by atoms with Gasteiger partial charge in [-0.15, -0.1) is 0 Å². The molecule has 94 valence electrons. The number of aromatic nitrogens is 2. The zero-order chi connectivity index (χ0) is 13.0. The molecule has 0 atom stereocenters. The zero-order valence-corrected chi connectivity index (χ0v) is 10.2. The van der Waals surface area contributed by atoms with Crippen molar-refractivity contribution in [3.63, 3.8) is 0 Å². The lowest BCUT2D eigenvalue weighted by atomic mass is 10.2. The molecule has 18 heavy (non-hydrogen) atoms. The first-order valence-corrected chi connectivity index (χ1v) is 6.18. The predicted octanol–water partition coefficient (Wildman–Crippen LogP) is 1.14. The molecule has 0 unspecified atom stereocenters. The molecule has 0 aliphatic rings. The Morgan fingerprint density at radius 3 is 3.00 bits per heavy atom. The molecule has 7 heteroatoms. The van der Waals surface area contributed by atoms with Gasteiger partial charge in [-0.05, 0) is 28.8 Å². The quantitative estimate of drug-likeness (QED) is 0.755. The Morgan fingerprint density at radius 2 is 2.33 bits per heavy atom. The van der Waals surface area contributed by atoms with E-state index in [1.807, 2.05) is 16.8 Å². The minimum atomic E-state index is -1.20. The molecule has 0 aliphatic carbocycles. The molecule has 0 aromatic carbocycles. The highest BCUT2D eigenvalue weighted by atomic mass is 32.1. The highest BCUT2D eigenvalue weighted by molar-refractivity contribution is 7.07. The smallest absolute Gasteiger partial charge is 0.354 e. The summed E-state index contributed by atoms with van der Waals surface area (Å²) in [6, 6.07) is 1.98. The number of nitrogens with zero attached hydrogens (tertiary/aromatic N) is 1. The second kappa shape index (κ2) is 5.46. The maximum Gasteiger partial charge on any atom is 0.354 e. The molecule has 1 amide bonds. The van der Waals surface area contributed by atoms with Crippen LogP contribution in [0.4, 0.5) is 0 Å². The van der Waals surface area contributed by atoms with E-state index in [-0.39, 0.29) is 11.4 Å². The summed E-state index contributed by atoms with van der Waals surface area (Å²) in [4.78, 5) is 28.6. The first-order chi connectivity index (χ1) is 8.68. The van der Waals surface area contributed by atoms with Gasteiger partial charge in [0.05, 0.1) is 6.33 Å². The van der Waals surface area contributed by atoms with Crippen LogP contribution in [0.15, 0.2) is 23.2 Å². The van der Waals surface area contributed by atoms with Gasteiger partial charge in [0, 0.05) is 6.54 Å². The van der Waals surface area contributed by atoms with Crippen molar-refractivity contribution in [3.05, 3.63) is 40.1 Å². The van der Waals surface area contributed by atoms with Gasteiger partial charge in [-0.1, -0.05) is 0 Å². The van der Waals surface area contributed by atoms with Gasteiger partial charge < -0.3 is 15.4 Å². The van der Waals surface area contributed by atoms with Crippen molar-refractivity contribution in [1.29, 1.82) is 0 Å². The Morgan fingerprint density at radius 1 is 1.50 bits per heavy atom. The summed E-state index contributed by atoms with van der Waals surface area (Å²) in [7, 11) is 0. The van der Waals surface area contributed by atoms with Crippen LogP contribution in [0.5, 0.6) is 0 Å². The van der Waals surface area contributed by atoms with Gasteiger partial charge in [0.1, 0.15) is 0 Å². The average molecular weight is 265 g/mol. The first-order valence-electron chi connectivity index (χ1n) is 5.24. The molecule has 2 aromatic rings. The summed E-state index contributed by atoms with van der Waals surface area (Å²) in [6.45, 7) is 0.446. The van der Waals surface area contributed by atoms with Gasteiger partial charge in [0.15, 0.2) is 11.4 Å². The van der Waals surface area contributed by atoms with E-state index in [1.54, 1.807) is 11.3 Å². The van der Waals surface area contributed by atoms with Crippen LogP contribution in [0.25, 0.3) is 0 Å². The Hall–Kier alpha value is -2.15. The Labute approximate surface area is 107 Å². The minimum absolute atomic E-state index is 0.0900. The normalized spacial score (nSPS) is 10.2. The highest BCUT2D eigenvalue weighted by Crippen LogP contribution is 2.06. The van der Waals surface area contributed by atoms with Crippen LogP contribution in [0.2, 0.25) is 0 Å². The topological polar surface area (TPSA) is 95.1 Å². The number of aromatic carboxylic acids is 1. The van der Waals surface area contributed by atoms with Crippen molar-refractivity contribution in [1.82, 2.24) is 15.3 Å². The minimum Gasteiger partial charge on any atom is -0.477 e. The molecule has 2 heterocycles. The van der Waals surface area contributed by atoms with Gasteiger partial charge in [-0.2, -0.15) is 11.3 Å². The molecule has 0 bridgehead atoms. The SMILES string of the molecule is O=C(NCCc1ccsc1)c1nc[nH]c1C(=O)O. The van der Waals surface area contributed by atoms with E-state index in [4.69, 9.17) is 5.11 Å². The molecule has 0 fully saturated rings. The van der Waals surface area contributed by atoms with E-state index in [9.17, 15) is 9.59 Å². The van der Waals surface area contributed by atoms with E-state index in [0.717, 1.165) is 5.56 Å². The number of carbonyl (C=O) groups excluding carboxylic acids is 1. The molecule has 0 spiro atoms. The third kappa shape index (κ3) is 2.75. The van der Waals surface area contributed by atoms with Crippen LogP contribution in [-0.4, -0.2) is 33.5 Å². The number of hydrogen-bond donors (Lipinski definition) is 3. The number of rotatable bonds is 5. The molecule has 6 nitrogen and oxygen atoms in total. The third-order valence-corrected chi connectivity index (χ3v) is 3.08. The van der Waals surface area contributed by atoms with Crippen LogP contribution >= 0.6 is 11.3 Å². The first kappa shape index (κ1) is 12.3. The Kier molecular flexibility index (Phi) is 3.73. The second-order valence-electron chi connectivity index (χ2n) is 3.57. The number of nitrogens with one attached hydrogen (secondary N) is 2. The van der Waals surface area contributed by atoms with Crippen molar-refractivity contribution < 1.29 is 14.7 Å². The summed E-state index contributed by atoms with van der Waals surface area (Å²) in [5.74, 6) is -1.68. The lowest BCUT2D eigenvalue weighted by Gasteiger charge is -2.02. The van der Waals surface area contributed by atoms with Gasteiger partial charge >= 0.3 is 5.97 Å². The predicted molar refractivity (Wildman–Crippen MR) is 65.9 cm³/mol. The number of amides is 1. The lowest BCUT2D eigenvalue weighted by Crippen LogP contribution is -2.27. The summed E-state index contributed by atoms with van der Waals surface area (Å²) in [5.41, 5.74) is 0.858. The van der Waals surface area contributed by atoms with Crippen molar-refractivity contribution in [2.45, 2.75) is 6.42 Å². The van der Waals surface area contributed by atoms with Crippen molar-refractivity contribution in [3.8, 4) is 0 Å². The molecule has 0 saturated carbocycles. The van der Waals surface area contributed by atoms with Crippen LogP contribution in [0.1, 0.15) is 26.5 Å². The third-order valence-electron chi connectivity index (χ3n) is 2.35. The number of H-pyrrole nitrogens is 1. The lowest BCUT2D eigenvalue weighted by molar-refractivity contribution is 0.0685. The summed E-state index contributed by atoms with van der Waals surface area (Å²) in [5, 5.41) is 15.4. The van der Waals surface area contributed by atoms with Crippen LogP contribution in [0.3, 0.4) is 0 Å². The number of aromatic amines is 1. The number of carbonyl (C=O) groups is 2.